The molecule has 0 aromatic heterocycles. The van der Waals surface area contributed by atoms with Crippen molar-refractivity contribution < 1.29 is 9.47 Å². The molecule has 0 N–H and O–H groups in total. The molecular weight excluding hydrogens is 164 g/mol. The van der Waals surface area contributed by atoms with E-state index in [1.165, 1.54) is 0 Å². The Labute approximate surface area is 81.6 Å². The van der Waals surface area contributed by atoms with Crippen molar-refractivity contribution in [2.45, 2.75) is 52.2 Å². The molecule has 1 heterocycles. The highest BCUT2D eigenvalue weighted by Gasteiger charge is 2.53. The molecule has 0 unspecified atom stereocenters. The Morgan fingerprint density at radius 3 is 2.00 bits per heavy atom. The fourth-order valence-electron chi connectivity index (χ4n) is 2.32. The molecule has 0 aliphatic carbocycles. The smallest absolute Gasteiger partial charge is 0.0900 e. The average molecular weight is 186 g/mol. The summed E-state index contributed by atoms with van der Waals surface area (Å²) >= 11 is 0. The van der Waals surface area contributed by atoms with Gasteiger partial charge < -0.3 is 9.47 Å². The van der Waals surface area contributed by atoms with Gasteiger partial charge in [0.1, 0.15) is 0 Å². The second-order valence-corrected chi connectivity index (χ2v) is 5.56. The van der Waals surface area contributed by atoms with Crippen LogP contribution in [0.25, 0.3) is 0 Å². The van der Waals surface area contributed by atoms with Crippen LogP contribution in [0.1, 0.15) is 41.0 Å². The highest BCUT2D eigenvalue weighted by Crippen LogP contribution is 2.50. The summed E-state index contributed by atoms with van der Waals surface area (Å²) in [7, 11) is 1.73. The molecule has 1 aliphatic rings. The van der Waals surface area contributed by atoms with Crippen LogP contribution in [0.3, 0.4) is 0 Å². The molecule has 0 amide bonds. The molecule has 2 heteroatoms. The first-order valence-corrected chi connectivity index (χ1v) is 4.92. The van der Waals surface area contributed by atoms with Crippen LogP contribution in [-0.2, 0) is 9.47 Å². The molecule has 1 aliphatic heterocycles. The lowest BCUT2D eigenvalue weighted by Gasteiger charge is -2.33. The maximum absolute atomic E-state index is 6.07. The molecule has 0 bridgehead atoms. The predicted octanol–water partition coefficient (Wildman–Crippen LogP) is 2.62. The summed E-state index contributed by atoms with van der Waals surface area (Å²) in [6.45, 7) is 11.6. The van der Waals surface area contributed by atoms with Gasteiger partial charge in [-0.15, -0.1) is 0 Å². The van der Waals surface area contributed by atoms with E-state index in [2.05, 4.69) is 34.6 Å². The largest absolute Gasteiger partial charge is 0.382 e. The maximum Gasteiger partial charge on any atom is 0.0900 e. The van der Waals surface area contributed by atoms with E-state index in [1.54, 1.807) is 7.11 Å². The highest BCUT2D eigenvalue weighted by atomic mass is 16.6. The van der Waals surface area contributed by atoms with Crippen molar-refractivity contribution >= 4 is 0 Å². The van der Waals surface area contributed by atoms with Crippen molar-refractivity contribution in [2.75, 3.05) is 13.7 Å². The zero-order valence-electron chi connectivity index (χ0n) is 9.73. The summed E-state index contributed by atoms with van der Waals surface area (Å²) in [6.07, 6.45) is 1.06. The minimum atomic E-state index is -0.109. The first-order chi connectivity index (χ1) is 5.72. The van der Waals surface area contributed by atoms with E-state index in [1.807, 2.05) is 0 Å². The van der Waals surface area contributed by atoms with Crippen LogP contribution in [0, 0.1) is 5.41 Å². The normalized spacial score (nSPS) is 36.5. The minimum Gasteiger partial charge on any atom is -0.382 e. The van der Waals surface area contributed by atoms with Crippen LogP contribution < -0.4 is 0 Å². The lowest BCUT2D eigenvalue weighted by Crippen LogP contribution is -2.36. The van der Waals surface area contributed by atoms with Crippen molar-refractivity contribution in [1.82, 2.24) is 0 Å². The van der Waals surface area contributed by atoms with E-state index in [9.17, 15) is 0 Å². The maximum atomic E-state index is 6.07. The monoisotopic (exact) mass is 186 g/mol. The third kappa shape index (κ3) is 1.89. The number of methoxy groups -OCH3 is 1. The summed E-state index contributed by atoms with van der Waals surface area (Å²) < 4.78 is 11.3. The van der Waals surface area contributed by atoms with Gasteiger partial charge >= 0.3 is 0 Å². The third-order valence-corrected chi connectivity index (χ3v) is 3.40. The Morgan fingerprint density at radius 2 is 1.69 bits per heavy atom. The van der Waals surface area contributed by atoms with E-state index in [0.29, 0.717) is 6.61 Å². The third-order valence-electron chi connectivity index (χ3n) is 3.40. The van der Waals surface area contributed by atoms with Crippen molar-refractivity contribution in [3.63, 3.8) is 0 Å². The van der Waals surface area contributed by atoms with Crippen molar-refractivity contribution in [1.29, 1.82) is 0 Å². The molecule has 1 atom stereocenters. The van der Waals surface area contributed by atoms with Gasteiger partial charge in [-0.25, -0.2) is 0 Å². The second-order valence-electron chi connectivity index (χ2n) is 5.56. The van der Waals surface area contributed by atoms with Gasteiger partial charge in [0.15, 0.2) is 0 Å². The average Bonchev–Trinajstić information content (AvgIpc) is 1.96. The van der Waals surface area contributed by atoms with Gasteiger partial charge in [0.25, 0.3) is 0 Å². The van der Waals surface area contributed by atoms with Crippen molar-refractivity contribution in [3.05, 3.63) is 0 Å². The first kappa shape index (κ1) is 11.0. The van der Waals surface area contributed by atoms with Gasteiger partial charge in [0.05, 0.1) is 17.8 Å². The molecule has 0 radical (unpaired) electrons. The molecule has 1 saturated heterocycles. The molecule has 78 valence electrons. The van der Waals surface area contributed by atoms with Gasteiger partial charge in [-0.05, 0) is 32.6 Å². The number of hydrogen-bond acceptors (Lipinski definition) is 2. The summed E-state index contributed by atoms with van der Waals surface area (Å²) in [6, 6.07) is 0. The molecule has 0 aromatic carbocycles. The van der Waals surface area contributed by atoms with E-state index in [4.69, 9.17) is 9.47 Å². The standard InChI is InChI=1S/C11H22O2/c1-9(2)7-11(5,8-12-6)13-10(9,3)4/h7-8H2,1-6H3/t11-/m0/s1. The molecule has 0 saturated carbocycles. The summed E-state index contributed by atoms with van der Waals surface area (Å²) in [5, 5.41) is 0. The second kappa shape index (κ2) is 2.96. The number of ether oxygens (including phenoxy) is 2. The highest BCUT2D eigenvalue weighted by molar-refractivity contribution is 5.01. The van der Waals surface area contributed by atoms with Crippen LogP contribution in [0.2, 0.25) is 0 Å². The van der Waals surface area contributed by atoms with Crippen LogP contribution >= 0.6 is 0 Å². The topological polar surface area (TPSA) is 18.5 Å². The van der Waals surface area contributed by atoms with Crippen molar-refractivity contribution in [3.8, 4) is 0 Å². The van der Waals surface area contributed by atoms with Gasteiger partial charge in [0.2, 0.25) is 0 Å². The molecule has 1 fully saturated rings. The van der Waals surface area contributed by atoms with Gasteiger partial charge in [-0.2, -0.15) is 0 Å². The first-order valence-electron chi connectivity index (χ1n) is 4.92. The van der Waals surface area contributed by atoms with Gasteiger partial charge in [-0.3, -0.25) is 0 Å². The van der Waals surface area contributed by atoms with E-state index in [0.717, 1.165) is 6.42 Å². The van der Waals surface area contributed by atoms with Gasteiger partial charge in [-0.1, -0.05) is 13.8 Å². The Kier molecular flexibility index (Phi) is 2.50. The summed E-state index contributed by atoms with van der Waals surface area (Å²) in [4.78, 5) is 0. The molecule has 13 heavy (non-hydrogen) atoms. The zero-order chi connectivity index (χ0) is 10.3. The van der Waals surface area contributed by atoms with E-state index >= 15 is 0 Å². The predicted molar refractivity (Wildman–Crippen MR) is 53.8 cm³/mol. The molecule has 2 nitrogen and oxygen atoms in total. The SMILES string of the molecule is COC[C@]1(C)CC(C)(C)C(C)(C)O1. The fraction of sp³-hybridized carbons (Fsp3) is 1.00. The Bertz CT molecular complexity index is 178. The Balaban J connectivity index is 2.80. The van der Waals surface area contributed by atoms with Crippen LogP contribution in [0.15, 0.2) is 0 Å². The number of rotatable bonds is 2. The van der Waals surface area contributed by atoms with Gasteiger partial charge in [0, 0.05) is 7.11 Å². The molecule has 0 spiro atoms. The van der Waals surface area contributed by atoms with Crippen LogP contribution in [0.5, 0.6) is 0 Å². The minimum absolute atomic E-state index is 0.0553. The number of hydrogen-bond donors (Lipinski definition) is 0. The van der Waals surface area contributed by atoms with Crippen molar-refractivity contribution in [2.24, 2.45) is 5.41 Å². The zero-order valence-corrected chi connectivity index (χ0v) is 9.73. The summed E-state index contributed by atoms with van der Waals surface area (Å²) in [5.41, 5.74) is 0.0578. The Hall–Kier alpha value is -0.0800. The fourth-order valence-corrected chi connectivity index (χ4v) is 2.32. The van der Waals surface area contributed by atoms with E-state index < -0.39 is 0 Å². The lowest BCUT2D eigenvalue weighted by atomic mass is 9.74. The molecule has 0 aromatic rings. The molecular formula is C11H22O2. The lowest BCUT2D eigenvalue weighted by molar-refractivity contribution is -0.119. The van der Waals surface area contributed by atoms with Crippen LogP contribution in [0.4, 0.5) is 0 Å². The van der Waals surface area contributed by atoms with Crippen LogP contribution in [-0.4, -0.2) is 24.9 Å². The summed E-state index contributed by atoms with van der Waals surface area (Å²) in [5.74, 6) is 0. The quantitative estimate of drug-likeness (QED) is 0.660. The molecule has 1 rings (SSSR count). The van der Waals surface area contributed by atoms with E-state index in [-0.39, 0.29) is 16.6 Å². The Morgan fingerprint density at radius 1 is 1.15 bits per heavy atom.